The topological polar surface area (TPSA) is 207 Å². The zero-order valence-corrected chi connectivity index (χ0v) is 12.7. The largest absolute Gasteiger partial charge is 0.465 e. The Kier molecular flexibility index (Phi) is 8.28. The molecule has 0 aliphatic carbocycles. The summed E-state index contributed by atoms with van der Waals surface area (Å²) in [6, 6.07) is 0.890. The molecule has 1 aromatic heterocycles. The molecule has 0 aliphatic heterocycles. The number of pyridine rings is 1. The van der Waals surface area contributed by atoms with Gasteiger partial charge in [-0.2, -0.15) is 0 Å². The molecule has 1 rings (SSSR count). The van der Waals surface area contributed by atoms with E-state index in [1.165, 1.54) is 0 Å². The van der Waals surface area contributed by atoms with Crippen molar-refractivity contribution in [2.75, 3.05) is 17.2 Å². The molecule has 0 bridgehead atoms. The third-order valence-corrected chi connectivity index (χ3v) is 2.16. The first kappa shape index (κ1) is 20.6. The molecule has 0 fully saturated rings. The van der Waals surface area contributed by atoms with Crippen molar-refractivity contribution < 1.29 is 34.3 Å². The van der Waals surface area contributed by atoms with Gasteiger partial charge in [-0.1, -0.05) is 11.6 Å². The van der Waals surface area contributed by atoms with E-state index in [1.807, 2.05) is 0 Å². The van der Waals surface area contributed by atoms with Gasteiger partial charge in [-0.3, -0.25) is 20.7 Å². The van der Waals surface area contributed by atoms with Crippen molar-refractivity contribution in [3.63, 3.8) is 0 Å². The predicted molar refractivity (Wildman–Crippen MR) is 80.4 cm³/mol. The van der Waals surface area contributed by atoms with Crippen LogP contribution in [0.15, 0.2) is 6.07 Å². The second-order valence-corrected chi connectivity index (χ2v) is 3.96. The molecule has 0 aromatic carbocycles. The van der Waals surface area contributed by atoms with Crippen LogP contribution in [-0.4, -0.2) is 45.0 Å². The number of carboxylic acid groups (broad SMARTS) is 2. The standard InChI is InChI=1S/C7H5ClN4O6.C3H7NO2/c8-2-1-3(10-6(13)14)9-5(11-7(15)16)4(2)12(17)18;1-2-6-3(4)5/h1H,(H,13,14)(H,15,16)(H2,9,10,11);2H2,1H3,(H2,4,5). The van der Waals surface area contributed by atoms with Crippen LogP contribution < -0.4 is 16.4 Å². The second-order valence-electron chi connectivity index (χ2n) is 3.56. The lowest BCUT2D eigenvalue weighted by atomic mass is 10.3. The fraction of sp³-hybridized carbons (Fsp3) is 0.200. The quantitative estimate of drug-likeness (QED) is 0.389. The molecule has 0 unspecified atom stereocenters. The number of ether oxygens (including phenoxy) is 1. The Balaban J connectivity index is 0.000000754. The van der Waals surface area contributed by atoms with E-state index in [2.05, 4.69) is 15.5 Å². The lowest BCUT2D eigenvalue weighted by molar-refractivity contribution is -0.384. The van der Waals surface area contributed by atoms with E-state index >= 15 is 0 Å². The van der Waals surface area contributed by atoms with E-state index in [0.29, 0.717) is 6.61 Å². The number of hydrogen-bond acceptors (Lipinski definition) is 7. The first-order valence-corrected chi connectivity index (χ1v) is 6.23. The van der Waals surface area contributed by atoms with Crippen molar-refractivity contribution in [2.24, 2.45) is 5.73 Å². The van der Waals surface area contributed by atoms with E-state index in [9.17, 15) is 24.5 Å². The molecule has 14 heteroatoms. The van der Waals surface area contributed by atoms with E-state index < -0.39 is 39.7 Å². The Hall–Kier alpha value is -3.35. The van der Waals surface area contributed by atoms with E-state index in [-0.39, 0.29) is 5.82 Å². The molecule has 13 nitrogen and oxygen atoms in total. The van der Waals surface area contributed by atoms with Gasteiger partial charge in [-0.05, 0) is 6.92 Å². The number of halogens is 1. The van der Waals surface area contributed by atoms with Crippen LogP contribution in [-0.2, 0) is 4.74 Å². The number of rotatable bonds is 4. The Labute approximate surface area is 138 Å². The SMILES string of the molecule is CCOC(N)=O.O=C(O)Nc1cc(Cl)c([N+](=O)[O-])c(NC(=O)O)n1. The summed E-state index contributed by atoms with van der Waals surface area (Å²) < 4.78 is 4.18. The summed E-state index contributed by atoms with van der Waals surface area (Å²) in [6.45, 7) is 2.06. The van der Waals surface area contributed by atoms with Gasteiger partial charge in [0.25, 0.3) is 0 Å². The van der Waals surface area contributed by atoms with Gasteiger partial charge in [0.15, 0.2) is 0 Å². The molecule has 0 saturated heterocycles. The Morgan fingerprint density at radius 2 is 1.92 bits per heavy atom. The molecule has 0 spiro atoms. The van der Waals surface area contributed by atoms with Crippen LogP contribution in [0.3, 0.4) is 0 Å². The molecule has 0 saturated carbocycles. The lowest BCUT2D eigenvalue weighted by Gasteiger charge is -2.06. The molecule has 0 radical (unpaired) electrons. The second kappa shape index (κ2) is 9.62. The molecular formula is C10H12ClN5O8. The highest BCUT2D eigenvalue weighted by atomic mass is 35.5. The van der Waals surface area contributed by atoms with Gasteiger partial charge >= 0.3 is 24.0 Å². The summed E-state index contributed by atoms with van der Waals surface area (Å²) in [4.78, 5) is 43.6. The van der Waals surface area contributed by atoms with E-state index in [4.69, 9.17) is 21.8 Å². The van der Waals surface area contributed by atoms with Crippen LogP contribution in [0.2, 0.25) is 5.02 Å². The Morgan fingerprint density at radius 1 is 1.38 bits per heavy atom. The van der Waals surface area contributed by atoms with Crippen molar-refractivity contribution in [3.05, 3.63) is 21.2 Å². The summed E-state index contributed by atoms with van der Waals surface area (Å²) in [7, 11) is 0. The number of anilines is 2. The molecule has 0 atom stereocenters. The number of carbonyl (C=O) groups excluding carboxylic acids is 1. The lowest BCUT2D eigenvalue weighted by Crippen LogP contribution is -2.14. The maximum absolute atomic E-state index is 10.7. The average molecular weight is 366 g/mol. The minimum absolute atomic E-state index is 0.346. The third-order valence-electron chi connectivity index (χ3n) is 1.88. The summed E-state index contributed by atoms with van der Waals surface area (Å²) in [5.41, 5.74) is 3.77. The number of nitrogens with two attached hydrogens (primary N) is 1. The number of nitro groups is 1. The average Bonchev–Trinajstić information content (AvgIpc) is 2.36. The van der Waals surface area contributed by atoms with Crippen molar-refractivity contribution >= 4 is 47.2 Å². The van der Waals surface area contributed by atoms with Crippen LogP contribution >= 0.6 is 11.6 Å². The van der Waals surface area contributed by atoms with Gasteiger partial charge in [-0.15, -0.1) is 0 Å². The minimum Gasteiger partial charge on any atom is -0.465 e. The van der Waals surface area contributed by atoms with Gasteiger partial charge in [0.1, 0.15) is 10.8 Å². The Morgan fingerprint density at radius 3 is 2.25 bits per heavy atom. The van der Waals surface area contributed by atoms with Gasteiger partial charge in [-0.25, -0.2) is 19.4 Å². The zero-order chi connectivity index (χ0) is 18.9. The molecular weight excluding hydrogens is 354 g/mol. The highest BCUT2D eigenvalue weighted by molar-refractivity contribution is 6.33. The van der Waals surface area contributed by atoms with Crippen molar-refractivity contribution in [2.45, 2.75) is 6.92 Å². The minimum atomic E-state index is -1.60. The molecule has 24 heavy (non-hydrogen) atoms. The third kappa shape index (κ3) is 7.60. The zero-order valence-electron chi connectivity index (χ0n) is 12.0. The predicted octanol–water partition coefficient (Wildman–Crippen LogP) is 1.92. The number of amides is 3. The van der Waals surface area contributed by atoms with E-state index in [0.717, 1.165) is 6.07 Å². The summed E-state index contributed by atoms with van der Waals surface area (Å²) in [5.74, 6) is -1.02. The first-order valence-electron chi connectivity index (χ1n) is 5.85. The summed E-state index contributed by atoms with van der Waals surface area (Å²) in [5, 5.41) is 30.6. The number of hydrogen-bond donors (Lipinski definition) is 5. The molecule has 3 amide bonds. The molecule has 6 N–H and O–H groups in total. The fourth-order valence-corrected chi connectivity index (χ4v) is 1.45. The summed E-state index contributed by atoms with van der Waals surface area (Å²) >= 11 is 5.55. The van der Waals surface area contributed by atoms with Gasteiger partial charge in [0, 0.05) is 6.07 Å². The van der Waals surface area contributed by atoms with Crippen LogP contribution in [0.4, 0.5) is 31.7 Å². The number of nitrogens with one attached hydrogen (secondary N) is 2. The fourth-order valence-electron chi connectivity index (χ4n) is 1.19. The molecule has 1 heterocycles. The van der Waals surface area contributed by atoms with E-state index in [1.54, 1.807) is 17.6 Å². The van der Waals surface area contributed by atoms with Crippen LogP contribution in [0.25, 0.3) is 0 Å². The first-order chi connectivity index (χ1) is 11.1. The van der Waals surface area contributed by atoms with Gasteiger partial charge < -0.3 is 20.7 Å². The van der Waals surface area contributed by atoms with Crippen LogP contribution in [0.5, 0.6) is 0 Å². The molecule has 1 aromatic rings. The van der Waals surface area contributed by atoms with Gasteiger partial charge in [0.05, 0.1) is 11.5 Å². The number of nitrogens with zero attached hydrogens (tertiary/aromatic N) is 2. The van der Waals surface area contributed by atoms with Crippen LogP contribution in [0.1, 0.15) is 6.92 Å². The van der Waals surface area contributed by atoms with Crippen molar-refractivity contribution in [1.82, 2.24) is 4.98 Å². The highest BCUT2D eigenvalue weighted by Crippen LogP contribution is 2.33. The van der Waals surface area contributed by atoms with Crippen molar-refractivity contribution in [3.8, 4) is 0 Å². The monoisotopic (exact) mass is 365 g/mol. The smallest absolute Gasteiger partial charge is 0.410 e. The number of primary amides is 1. The molecule has 132 valence electrons. The normalized spacial score (nSPS) is 9.08. The maximum Gasteiger partial charge on any atom is 0.410 e. The van der Waals surface area contributed by atoms with Crippen LogP contribution in [0, 0.1) is 10.1 Å². The highest BCUT2D eigenvalue weighted by Gasteiger charge is 2.23. The maximum atomic E-state index is 10.7. The van der Waals surface area contributed by atoms with Gasteiger partial charge in [0.2, 0.25) is 5.82 Å². The summed E-state index contributed by atoms with van der Waals surface area (Å²) in [6.07, 6.45) is -3.79. The number of aromatic nitrogens is 1. The number of carbonyl (C=O) groups is 3. The molecule has 0 aliphatic rings. The van der Waals surface area contributed by atoms with Crippen molar-refractivity contribution in [1.29, 1.82) is 0 Å². The Bertz CT molecular complexity index is 652.